The largest absolute Gasteiger partial charge is 0.493 e. The summed E-state index contributed by atoms with van der Waals surface area (Å²) in [5, 5.41) is 9.02. The van der Waals surface area contributed by atoms with Crippen LogP contribution in [0, 0.1) is 11.8 Å². The average Bonchev–Trinajstić information content (AvgIpc) is 2.44. The summed E-state index contributed by atoms with van der Waals surface area (Å²) < 4.78 is 10.5. The van der Waals surface area contributed by atoms with Gasteiger partial charge in [-0.05, 0) is 36.5 Å². The number of carboxylic acid groups (broad SMARTS) is 1. The van der Waals surface area contributed by atoms with Crippen LogP contribution >= 0.6 is 0 Å². The topological polar surface area (TPSA) is 81.8 Å². The van der Waals surface area contributed by atoms with Gasteiger partial charge < -0.3 is 20.3 Å². The third kappa shape index (κ3) is 4.42. The molecule has 20 heavy (non-hydrogen) atoms. The van der Waals surface area contributed by atoms with Crippen molar-refractivity contribution in [1.29, 1.82) is 0 Å². The Morgan fingerprint density at radius 3 is 2.45 bits per heavy atom. The summed E-state index contributed by atoms with van der Waals surface area (Å²) in [6.45, 7) is 2.20. The van der Waals surface area contributed by atoms with E-state index in [0.717, 1.165) is 12.0 Å². The van der Waals surface area contributed by atoms with E-state index in [4.69, 9.17) is 20.3 Å². The molecule has 0 heterocycles. The monoisotopic (exact) mass is 281 g/mol. The minimum Gasteiger partial charge on any atom is -0.493 e. The number of nitrogens with two attached hydrogens (primary N) is 1. The van der Waals surface area contributed by atoms with Gasteiger partial charge in [0.1, 0.15) is 0 Å². The van der Waals surface area contributed by atoms with E-state index in [1.165, 1.54) is 0 Å². The normalized spacial score (nSPS) is 13.6. The van der Waals surface area contributed by atoms with E-state index in [1.54, 1.807) is 14.2 Å². The highest BCUT2D eigenvalue weighted by molar-refractivity contribution is 5.70. The van der Waals surface area contributed by atoms with E-state index in [-0.39, 0.29) is 12.5 Å². The standard InChI is InChI=1S/C15H23NO4/c1-10(7-12(9-16)15(17)18)6-11-4-5-13(19-2)14(8-11)20-3/h4-5,8,10,12H,6-7,9,16H2,1-3H3,(H,17,18). The number of ether oxygens (including phenoxy) is 2. The number of hydrogen-bond acceptors (Lipinski definition) is 4. The van der Waals surface area contributed by atoms with Crippen LogP contribution in [-0.4, -0.2) is 31.8 Å². The highest BCUT2D eigenvalue weighted by Gasteiger charge is 2.19. The van der Waals surface area contributed by atoms with Gasteiger partial charge in [0.2, 0.25) is 0 Å². The number of aliphatic carboxylic acids is 1. The summed E-state index contributed by atoms with van der Waals surface area (Å²) in [7, 11) is 3.19. The Balaban J connectivity index is 2.70. The molecule has 1 aromatic rings. The van der Waals surface area contributed by atoms with Crippen molar-refractivity contribution < 1.29 is 19.4 Å². The Labute approximate surface area is 119 Å². The molecule has 0 spiro atoms. The SMILES string of the molecule is COc1ccc(CC(C)CC(CN)C(=O)O)cc1OC. The summed E-state index contributed by atoms with van der Waals surface area (Å²) in [5.41, 5.74) is 6.58. The zero-order valence-corrected chi connectivity index (χ0v) is 12.3. The Bertz CT molecular complexity index is 447. The molecule has 1 rings (SSSR count). The molecule has 0 aliphatic heterocycles. The van der Waals surface area contributed by atoms with E-state index in [9.17, 15) is 4.79 Å². The fourth-order valence-corrected chi connectivity index (χ4v) is 2.28. The molecule has 0 saturated carbocycles. The van der Waals surface area contributed by atoms with Crippen molar-refractivity contribution in [2.45, 2.75) is 19.8 Å². The van der Waals surface area contributed by atoms with Crippen LogP contribution < -0.4 is 15.2 Å². The first kappa shape index (κ1) is 16.3. The second-order valence-corrected chi connectivity index (χ2v) is 5.01. The molecule has 0 bridgehead atoms. The number of carbonyl (C=O) groups is 1. The lowest BCUT2D eigenvalue weighted by atomic mass is 9.90. The molecule has 3 N–H and O–H groups in total. The third-order valence-electron chi connectivity index (χ3n) is 3.35. The van der Waals surface area contributed by atoms with Gasteiger partial charge in [0.25, 0.3) is 0 Å². The molecule has 0 radical (unpaired) electrons. The fraction of sp³-hybridized carbons (Fsp3) is 0.533. The Morgan fingerprint density at radius 2 is 1.95 bits per heavy atom. The first-order chi connectivity index (χ1) is 9.51. The molecular formula is C15H23NO4. The minimum atomic E-state index is -0.827. The maximum atomic E-state index is 11.0. The lowest BCUT2D eigenvalue weighted by Gasteiger charge is -2.17. The van der Waals surface area contributed by atoms with Crippen molar-refractivity contribution in [2.75, 3.05) is 20.8 Å². The molecule has 0 aromatic heterocycles. The molecule has 0 fully saturated rings. The summed E-state index contributed by atoms with van der Waals surface area (Å²) >= 11 is 0. The quantitative estimate of drug-likeness (QED) is 0.761. The molecule has 5 nitrogen and oxygen atoms in total. The lowest BCUT2D eigenvalue weighted by Crippen LogP contribution is -2.25. The van der Waals surface area contributed by atoms with E-state index < -0.39 is 11.9 Å². The fourth-order valence-electron chi connectivity index (χ4n) is 2.28. The van der Waals surface area contributed by atoms with Crippen LogP contribution in [0.25, 0.3) is 0 Å². The second-order valence-electron chi connectivity index (χ2n) is 5.01. The average molecular weight is 281 g/mol. The van der Waals surface area contributed by atoms with E-state index in [0.29, 0.717) is 17.9 Å². The Hall–Kier alpha value is -1.75. The Kier molecular flexibility index (Phi) is 6.31. The molecule has 2 unspecified atom stereocenters. The van der Waals surface area contributed by atoms with Gasteiger partial charge in [-0.15, -0.1) is 0 Å². The van der Waals surface area contributed by atoms with Crippen LogP contribution in [0.1, 0.15) is 18.9 Å². The van der Waals surface area contributed by atoms with E-state index >= 15 is 0 Å². The van der Waals surface area contributed by atoms with Gasteiger partial charge in [0.05, 0.1) is 20.1 Å². The summed E-state index contributed by atoms with van der Waals surface area (Å²) in [4.78, 5) is 11.0. The van der Waals surface area contributed by atoms with Crippen molar-refractivity contribution >= 4 is 5.97 Å². The van der Waals surface area contributed by atoms with Crippen molar-refractivity contribution in [2.24, 2.45) is 17.6 Å². The predicted molar refractivity (Wildman–Crippen MR) is 77.2 cm³/mol. The second kappa shape index (κ2) is 7.75. The molecule has 0 amide bonds. The number of hydrogen-bond donors (Lipinski definition) is 2. The highest BCUT2D eigenvalue weighted by atomic mass is 16.5. The minimum absolute atomic E-state index is 0.172. The van der Waals surface area contributed by atoms with Crippen LogP contribution in [0.2, 0.25) is 0 Å². The van der Waals surface area contributed by atoms with Crippen molar-refractivity contribution in [1.82, 2.24) is 0 Å². The molecule has 0 aliphatic rings. The van der Waals surface area contributed by atoms with Gasteiger partial charge in [-0.2, -0.15) is 0 Å². The summed E-state index contributed by atoms with van der Waals surface area (Å²) in [5.74, 6) is 0.301. The van der Waals surface area contributed by atoms with E-state index in [1.807, 2.05) is 25.1 Å². The number of benzene rings is 1. The maximum Gasteiger partial charge on any atom is 0.307 e. The molecule has 1 aromatic carbocycles. The van der Waals surface area contributed by atoms with Crippen molar-refractivity contribution in [3.63, 3.8) is 0 Å². The maximum absolute atomic E-state index is 11.0. The van der Waals surface area contributed by atoms with Crippen LogP contribution in [0.3, 0.4) is 0 Å². The van der Waals surface area contributed by atoms with Gasteiger partial charge in [-0.1, -0.05) is 13.0 Å². The molecule has 0 saturated heterocycles. The Morgan fingerprint density at radius 1 is 1.30 bits per heavy atom. The first-order valence-electron chi connectivity index (χ1n) is 6.65. The van der Waals surface area contributed by atoms with Crippen molar-refractivity contribution in [3.05, 3.63) is 23.8 Å². The summed E-state index contributed by atoms with van der Waals surface area (Å²) in [6, 6.07) is 5.75. The van der Waals surface area contributed by atoms with Crippen LogP contribution in [0.15, 0.2) is 18.2 Å². The third-order valence-corrected chi connectivity index (χ3v) is 3.35. The van der Waals surface area contributed by atoms with Gasteiger partial charge in [0.15, 0.2) is 11.5 Å². The smallest absolute Gasteiger partial charge is 0.307 e. The molecular weight excluding hydrogens is 258 g/mol. The number of carboxylic acids is 1. The zero-order chi connectivity index (χ0) is 15.1. The van der Waals surface area contributed by atoms with Crippen molar-refractivity contribution in [3.8, 4) is 11.5 Å². The number of methoxy groups -OCH3 is 2. The number of rotatable bonds is 8. The van der Waals surface area contributed by atoms with E-state index in [2.05, 4.69) is 0 Å². The van der Waals surface area contributed by atoms with Crippen LogP contribution in [0.5, 0.6) is 11.5 Å². The molecule has 112 valence electrons. The highest BCUT2D eigenvalue weighted by Crippen LogP contribution is 2.29. The summed E-state index contributed by atoms with van der Waals surface area (Å²) in [6.07, 6.45) is 1.35. The molecule has 2 atom stereocenters. The predicted octanol–water partition coefficient (Wildman–Crippen LogP) is 1.93. The van der Waals surface area contributed by atoms with Gasteiger partial charge in [-0.25, -0.2) is 0 Å². The van der Waals surface area contributed by atoms with Crippen LogP contribution in [0.4, 0.5) is 0 Å². The van der Waals surface area contributed by atoms with Crippen LogP contribution in [-0.2, 0) is 11.2 Å². The van der Waals surface area contributed by atoms with Gasteiger partial charge >= 0.3 is 5.97 Å². The van der Waals surface area contributed by atoms with Gasteiger partial charge in [-0.3, -0.25) is 4.79 Å². The first-order valence-corrected chi connectivity index (χ1v) is 6.65. The lowest BCUT2D eigenvalue weighted by molar-refractivity contribution is -0.141. The zero-order valence-electron chi connectivity index (χ0n) is 12.3. The molecule has 0 aliphatic carbocycles. The van der Waals surface area contributed by atoms with Gasteiger partial charge in [0, 0.05) is 6.54 Å². The molecule has 5 heteroatoms.